The maximum Gasteiger partial charge on any atom is 0.318 e. The fourth-order valence-corrected chi connectivity index (χ4v) is 3.19. The number of carbonyl (C=O) groups is 1. The molecule has 0 radical (unpaired) electrons. The number of urea groups is 1. The molecule has 2 aliphatic rings. The molecule has 0 aromatic heterocycles. The van der Waals surface area contributed by atoms with E-state index in [-0.39, 0.29) is 12.1 Å². The highest BCUT2D eigenvalue weighted by Gasteiger charge is 2.44. The summed E-state index contributed by atoms with van der Waals surface area (Å²) in [6.45, 7) is 0. The predicted octanol–water partition coefficient (Wildman–Crippen LogP) is 1.34. The number of ether oxygens (including phenoxy) is 1. The summed E-state index contributed by atoms with van der Waals surface area (Å²) >= 11 is 2.23. The van der Waals surface area contributed by atoms with E-state index in [1.807, 2.05) is 4.90 Å². The first-order valence-electron chi connectivity index (χ1n) is 4.96. The fraction of sp³-hybridized carbons (Fsp3) is 0.889. The molecule has 80 valence electrons. The normalized spacial score (nSPS) is 34.6. The summed E-state index contributed by atoms with van der Waals surface area (Å²) in [7, 11) is 1.68. The number of fused-ring (bicyclic) bond motifs is 2. The molecule has 5 heteroatoms. The fourth-order valence-electron chi connectivity index (χ4n) is 2.38. The van der Waals surface area contributed by atoms with Crippen molar-refractivity contribution in [3.8, 4) is 0 Å². The first kappa shape index (κ1) is 10.5. The number of rotatable bonds is 2. The Bertz CT molecular complexity index is 237. The first-order valence-corrected chi connectivity index (χ1v) is 6.48. The molecule has 0 aromatic carbocycles. The van der Waals surface area contributed by atoms with Gasteiger partial charge in [0.05, 0.1) is 22.8 Å². The van der Waals surface area contributed by atoms with Gasteiger partial charge < -0.3 is 15.0 Å². The van der Waals surface area contributed by atoms with Crippen LogP contribution in [0.3, 0.4) is 0 Å². The minimum atomic E-state index is 0.0144. The number of alkyl halides is 1. The summed E-state index contributed by atoms with van der Waals surface area (Å²) in [5, 5.41) is 2.68. The molecule has 3 atom stereocenters. The number of nitrogens with zero attached hydrogens (tertiary/aromatic N) is 1. The lowest BCUT2D eigenvalue weighted by Crippen LogP contribution is -2.48. The van der Waals surface area contributed by atoms with E-state index in [1.165, 1.54) is 6.42 Å². The van der Waals surface area contributed by atoms with Gasteiger partial charge in [-0.15, -0.1) is 0 Å². The molecule has 0 saturated carbocycles. The lowest BCUT2D eigenvalue weighted by molar-refractivity contribution is 0.0826. The van der Waals surface area contributed by atoms with Crippen molar-refractivity contribution in [2.24, 2.45) is 0 Å². The molecule has 0 aliphatic carbocycles. The van der Waals surface area contributed by atoms with Gasteiger partial charge in [-0.25, -0.2) is 4.79 Å². The van der Waals surface area contributed by atoms with Crippen LogP contribution >= 0.6 is 22.6 Å². The Kier molecular flexibility index (Phi) is 3.16. The molecule has 2 saturated heterocycles. The van der Waals surface area contributed by atoms with Crippen molar-refractivity contribution < 1.29 is 9.53 Å². The van der Waals surface area contributed by atoms with Crippen LogP contribution in [0.2, 0.25) is 0 Å². The third-order valence-electron chi connectivity index (χ3n) is 3.08. The van der Waals surface area contributed by atoms with Gasteiger partial charge in [-0.3, -0.25) is 0 Å². The van der Waals surface area contributed by atoms with E-state index in [0.29, 0.717) is 12.1 Å². The quantitative estimate of drug-likeness (QED) is 0.475. The summed E-state index contributed by atoms with van der Waals surface area (Å²) < 4.78 is 6.47. The van der Waals surface area contributed by atoms with Gasteiger partial charge in [-0.2, -0.15) is 0 Å². The van der Waals surface area contributed by atoms with E-state index in [9.17, 15) is 4.79 Å². The second-order valence-corrected chi connectivity index (χ2v) is 4.50. The molecule has 2 aliphatic heterocycles. The van der Waals surface area contributed by atoms with Gasteiger partial charge in [0, 0.05) is 7.05 Å². The predicted molar refractivity (Wildman–Crippen MR) is 61.5 cm³/mol. The second-order valence-electron chi connectivity index (χ2n) is 3.82. The van der Waals surface area contributed by atoms with Gasteiger partial charge in [0.15, 0.2) is 0 Å². The van der Waals surface area contributed by atoms with Gasteiger partial charge >= 0.3 is 6.03 Å². The summed E-state index contributed by atoms with van der Waals surface area (Å²) in [6.07, 6.45) is 3.98. The molecular formula is C9H15IN2O2. The van der Waals surface area contributed by atoms with Crippen LogP contribution in [0.1, 0.15) is 19.3 Å². The highest BCUT2D eigenvalue weighted by molar-refractivity contribution is 14.1. The van der Waals surface area contributed by atoms with Crippen molar-refractivity contribution in [2.45, 2.75) is 37.5 Å². The van der Waals surface area contributed by atoms with Crippen LogP contribution in [0.15, 0.2) is 0 Å². The van der Waals surface area contributed by atoms with Crippen LogP contribution in [0.5, 0.6) is 0 Å². The molecule has 2 fully saturated rings. The number of nitrogens with one attached hydrogen (secondary N) is 1. The first-order chi connectivity index (χ1) is 6.76. The summed E-state index contributed by atoms with van der Waals surface area (Å²) in [5.41, 5.74) is 0. The molecule has 1 N–H and O–H groups in total. The molecular weight excluding hydrogens is 295 g/mol. The van der Waals surface area contributed by atoms with Crippen molar-refractivity contribution in [1.82, 2.24) is 10.2 Å². The molecule has 2 rings (SSSR count). The third-order valence-corrected chi connectivity index (χ3v) is 3.81. The van der Waals surface area contributed by atoms with Crippen molar-refractivity contribution in [3.05, 3.63) is 0 Å². The third kappa shape index (κ3) is 1.71. The van der Waals surface area contributed by atoms with E-state index >= 15 is 0 Å². The zero-order valence-corrected chi connectivity index (χ0v) is 10.4. The van der Waals surface area contributed by atoms with E-state index in [2.05, 4.69) is 27.9 Å². The number of hydrogen-bond donors (Lipinski definition) is 1. The Morgan fingerprint density at radius 2 is 2.43 bits per heavy atom. The molecule has 0 spiro atoms. The number of carbonyl (C=O) groups excluding carboxylic acids is 1. The average Bonchev–Trinajstić information content (AvgIpc) is 2.80. The lowest BCUT2D eigenvalue weighted by Gasteiger charge is -2.30. The second kappa shape index (κ2) is 4.22. The topological polar surface area (TPSA) is 41.6 Å². The molecule has 3 unspecified atom stereocenters. The highest BCUT2D eigenvalue weighted by atomic mass is 127. The van der Waals surface area contributed by atoms with Crippen LogP contribution < -0.4 is 5.32 Å². The lowest BCUT2D eigenvalue weighted by atomic mass is 9.95. The molecule has 4 nitrogen and oxygen atoms in total. The molecule has 2 heterocycles. The van der Waals surface area contributed by atoms with Crippen LogP contribution in [0.4, 0.5) is 4.79 Å². The molecule has 2 bridgehead atoms. The van der Waals surface area contributed by atoms with E-state index < -0.39 is 0 Å². The monoisotopic (exact) mass is 310 g/mol. The van der Waals surface area contributed by atoms with Crippen molar-refractivity contribution in [1.29, 1.82) is 0 Å². The smallest absolute Gasteiger partial charge is 0.318 e. The number of halogens is 1. The van der Waals surface area contributed by atoms with E-state index in [1.54, 1.807) is 7.05 Å². The molecule has 14 heavy (non-hydrogen) atoms. The van der Waals surface area contributed by atoms with Crippen LogP contribution in [-0.2, 0) is 4.74 Å². The van der Waals surface area contributed by atoms with Gasteiger partial charge in [-0.1, -0.05) is 22.6 Å². The van der Waals surface area contributed by atoms with Crippen LogP contribution in [0.25, 0.3) is 0 Å². The van der Waals surface area contributed by atoms with Crippen LogP contribution in [-0.4, -0.2) is 40.8 Å². The van der Waals surface area contributed by atoms with Gasteiger partial charge in [0.2, 0.25) is 0 Å². The Labute approximate surface area is 97.5 Å². The SMILES string of the molecule is CNC(=O)N(CI)C1CC2CCC1O2. The van der Waals surface area contributed by atoms with Crippen molar-refractivity contribution in [3.63, 3.8) is 0 Å². The minimum Gasteiger partial charge on any atom is -0.373 e. The maximum absolute atomic E-state index is 11.6. The van der Waals surface area contributed by atoms with Crippen LogP contribution in [0, 0.1) is 0 Å². The summed E-state index contributed by atoms with van der Waals surface area (Å²) in [5.74, 6) is 0. The minimum absolute atomic E-state index is 0.0144. The maximum atomic E-state index is 11.6. The number of amides is 2. The Hall–Kier alpha value is -0.0400. The summed E-state index contributed by atoms with van der Waals surface area (Å²) in [4.78, 5) is 13.4. The van der Waals surface area contributed by atoms with Gasteiger partial charge in [0.25, 0.3) is 0 Å². The van der Waals surface area contributed by atoms with E-state index in [4.69, 9.17) is 4.74 Å². The molecule has 2 amide bonds. The standard InChI is InChI=1S/C9H15IN2O2/c1-11-9(13)12(5-10)7-4-6-2-3-8(7)14-6/h6-8H,2-5H2,1H3,(H,11,13). The Balaban J connectivity index is 2.02. The van der Waals surface area contributed by atoms with E-state index in [0.717, 1.165) is 17.4 Å². The Morgan fingerprint density at radius 1 is 1.64 bits per heavy atom. The number of hydrogen-bond acceptors (Lipinski definition) is 2. The molecule has 0 aromatic rings. The van der Waals surface area contributed by atoms with Crippen molar-refractivity contribution >= 4 is 28.6 Å². The largest absolute Gasteiger partial charge is 0.373 e. The highest BCUT2D eigenvalue weighted by Crippen LogP contribution is 2.37. The summed E-state index contributed by atoms with van der Waals surface area (Å²) in [6, 6.07) is 0.311. The Morgan fingerprint density at radius 3 is 2.86 bits per heavy atom. The zero-order chi connectivity index (χ0) is 10.1. The average molecular weight is 310 g/mol. The zero-order valence-electron chi connectivity index (χ0n) is 8.20. The van der Waals surface area contributed by atoms with Gasteiger partial charge in [-0.05, 0) is 19.3 Å². The van der Waals surface area contributed by atoms with Crippen molar-refractivity contribution in [2.75, 3.05) is 11.6 Å². The van der Waals surface area contributed by atoms with Gasteiger partial charge in [0.1, 0.15) is 0 Å².